The van der Waals surface area contributed by atoms with Gasteiger partial charge in [0.1, 0.15) is 0 Å². The maximum absolute atomic E-state index is 12.9. The van der Waals surface area contributed by atoms with Crippen molar-refractivity contribution in [3.63, 3.8) is 0 Å². The number of aryl methyl sites for hydroxylation is 1. The number of carbonyl (C=O) groups excluding carboxylic acids is 2. The van der Waals surface area contributed by atoms with Crippen molar-refractivity contribution in [3.8, 4) is 0 Å². The molecule has 0 radical (unpaired) electrons. The number of amides is 1. The van der Waals surface area contributed by atoms with Gasteiger partial charge in [0.2, 0.25) is 10.0 Å². The Bertz CT molecular complexity index is 864. The van der Waals surface area contributed by atoms with Gasteiger partial charge in [-0.3, -0.25) is 4.79 Å². The quantitative estimate of drug-likeness (QED) is 0.581. The van der Waals surface area contributed by atoms with Gasteiger partial charge in [-0.15, -0.1) is 0 Å². The van der Waals surface area contributed by atoms with E-state index in [1.165, 1.54) is 16.4 Å². The summed E-state index contributed by atoms with van der Waals surface area (Å²) >= 11 is 0. The summed E-state index contributed by atoms with van der Waals surface area (Å²) in [7, 11) is -3.70. The molecule has 1 aliphatic heterocycles. The lowest BCUT2D eigenvalue weighted by Gasteiger charge is -2.36. The third-order valence-electron chi connectivity index (χ3n) is 5.79. The van der Waals surface area contributed by atoms with Gasteiger partial charge in [0.15, 0.2) is 6.10 Å². The minimum Gasteiger partial charge on any atom is -0.449 e. The monoisotopic (exact) mass is 438 g/mol. The number of benzene rings is 1. The molecule has 2 unspecified atom stereocenters. The van der Waals surface area contributed by atoms with Crippen LogP contribution in [-0.2, 0) is 19.6 Å². The molecule has 2 atom stereocenters. The van der Waals surface area contributed by atoms with Crippen molar-refractivity contribution in [3.05, 3.63) is 29.3 Å². The van der Waals surface area contributed by atoms with E-state index in [9.17, 15) is 18.0 Å². The Kier molecular flexibility index (Phi) is 8.43. The van der Waals surface area contributed by atoms with Crippen LogP contribution in [0.15, 0.2) is 23.1 Å². The second-order valence-corrected chi connectivity index (χ2v) is 9.64. The summed E-state index contributed by atoms with van der Waals surface area (Å²) in [5, 5.41) is 0. The number of rotatable bonds is 8. The highest BCUT2D eigenvalue weighted by Crippen LogP contribution is 2.23. The topological polar surface area (TPSA) is 84.0 Å². The van der Waals surface area contributed by atoms with Crippen molar-refractivity contribution in [2.45, 2.75) is 77.3 Å². The summed E-state index contributed by atoms with van der Waals surface area (Å²) in [5.41, 5.74) is 0.760. The molecule has 8 heteroatoms. The third-order valence-corrected chi connectivity index (χ3v) is 7.83. The van der Waals surface area contributed by atoms with Gasteiger partial charge in [-0.1, -0.05) is 26.8 Å². The van der Waals surface area contributed by atoms with Crippen LogP contribution >= 0.6 is 0 Å². The number of ether oxygens (including phenoxy) is 1. The zero-order valence-electron chi connectivity index (χ0n) is 18.7. The van der Waals surface area contributed by atoms with Crippen molar-refractivity contribution in [2.24, 2.45) is 0 Å². The highest BCUT2D eigenvalue weighted by Gasteiger charge is 2.31. The minimum absolute atomic E-state index is 0.0461. The number of hydrogen-bond donors (Lipinski definition) is 0. The van der Waals surface area contributed by atoms with E-state index in [0.717, 1.165) is 25.7 Å². The predicted octanol–water partition coefficient (Wildman–Crippen LogP) is 3.36. The Labute approximate surface area is 180 Å². The first-order chi connectivity index (χ1) is 14.2. The molecule has 0 aliphatic carbocycles. The molecule has 168 valence electrons. The molecule has 1 aliphatic rings. The molecule has 0 aromatic heterocycles. The number of carbonyl (C=O) groups is 2. The molecule has 0 N–H and O–H groups in total. The molecule has 1 aromatic carbocycles. The first-order valence-corrected chi connectivity index (χ1v) is 12.2. The zero-order chi connectivity index (χ0) is 22.5. The lowest BCUT2D eigenvalue weighted by atomic mass is 9.99. The number of piperidine rings is 1. The molecule has 1 fully saturated rings. The molecule has 0 bridgehead atoms. The second-order valence-electron chi connectivity index (χ2n) is 7.70. The third kappa shape index (κ3) is 5.21. The zero-order valence-corrected chi connectivity index (χ0v) is 19.5. The van der Waals surface area contributed by atoms with E-state index in [2.05, 4.69) is 6.92 Å². The van der Waals surface area contributed by atoms with E-state index in [1.807, 2.05) is 4.90 Å². The van der Waals surface area contributed by atoms with Crippen molar-refractivity contribution < 1.29 is 22.7 Å². The standard InChI is InChI=1S/C22H34N2O5S/c1-6-18-11-9-10-14-24(18)21(25)17(5)29-22(26)20-15-19(13-12-16(20)4)30(27,28)23(7-2)8-3/h12-13,15,17-18H,6-11,14H2,1-5H3. The SMILES string of the molecule is CCC1CCCCN1C(=O)C(C)OC(=O)c1cc(S(=O)(=O)N(CC)CC)ccc1C. The summed E-state index contributed by atoms with van der Waals surface area (Å²) in [5.74, 6) is -0.880. The van der Waals surface area contributed by atoms with E-state index in [-0.39, 0.29) is 22.4 Å². The van der Waals surface area contributed by atoms with E-state index in [0.29, 0.717) is 25.2 Å². The molecule has 1 saturated heterocycles. The van der Waals surface area contributed by atoms with E-state index >= 15 is 0 Å². The molecule has 0 saturated carbocycles. The van der Waals surface area contributed by atoms with Gasteiger partial charge in [0, 0.05) is 25.7 Å². The fourth-order valence-electron chi connectivity index (χ4n) is 3.92. The summed E-state index contributed by atoms with van der Waals surface area (Å²) in [6.07, 6.45) is 2.97. The Morgan fingerprint density at radius 1 is 1.20 bits per heavy atom. The highest BCUT2D eigenvalue weighted by molar-refractivity contribution is 7.89. The number of esters is 1. The Morgan fingerprint density at radius 2 is 1.87 bits per heavy atom. The average molecular weight is 439 g/mol. The number of likely N-dealkylation sites (tertiary alicyclic amines) is 1. The van der Waals surface area contributed by atoms with E-state index in [1.54, 1.807) is 33.8 Å². The summed E-state index contributed by atoms with van der Waals surface area (Å²) < 4.78 is 32.4. The van der Waals surface area contributed by atoms with Crippen molar-refractivity contribution in [1.29, 1.82) is 0 Å². The lowest BCUT2D eigenvalue weighted by molar-refractivity contribution is -0.143. The average Bonchev–Trinajstić information content (AvgIpc) is 2.73. The number of hydrogen-bond acceptors (Lipinski definition) is 5. The molecular weight excluding hydrogens is 404 g/mol. The first-order valence-electron chi connectivity index (χ1n) is 10.8. The summed E-state index contributed by atoms with van der Waals surface area (Å²) in [6.45, 7) is 10.2. The van der Waals surface area contributed by atoms with Gasteiger partial charge in [-0.05, 0) is 57.2 Å². The van der Waals surface area contributed by atoms with E-state index < -0.39 is 22.1 Å². The fourth-order valence-corrected chi connectivity index (χ4v) is 5.40. The van der Waals surface area contributed by atoms with Crippen molar-refractivity contribution in [2.75, 3.05) is 19.6 Å². The molecular formula is C22H34N2O5S. The molecule has 1 heterocycles. The van der Waals surface area contributed by atoms with Crippen LogP contribution in [0.2, 0.25) is 0 Å². The van der Waals surface area contributed by atoms with Crippen LogP contribution in [0.4, 0.5) is 0 Å². The van der Waals surface area contributed by atoms with Crippen LogP contribution in [-0.4, -0.2) is 61.3 Å². The van der Waals surface area contributed by atoms with Crippen LogP contribution in [0.5, 0.6) is 0 Å². The molecule has 0 spiro atoms. The normalized spacial score (nSPS) is 18.3. The van der Waals surface area contributed by atoms with Crippen molar-refractivity contribution >= 4 is 21.9 Å². The summed E-state index contributed by atoms with van der Waals surface area (Å²) in [6, 6.07) is 4.61. The maximum atomic E-state index is 12.9. The van der Waals surface area contributed by atoms with Gasteiger partial charge in [0.25, 0.3) is 5.91 Å². The summed E-state index contributed by atoms with van der Waals surface area (Å²) in [4.78, 5) is 27.5. The van der Waals surface area contributed by atoms with Crippen LogP contribution in [0, 0.1) is 6.92 Å². The Hall–Kier alpha value is -1.93. The molecule has 30 heavy (non-hydrogen) atoms. The van der Waals surface area contributed by atoms with Crippen LogP contribution < -0.4 is 0 Å². The molecule has 7 nitrogen and oxygen atoms in total. The molecule has 2 rings (SSSR count). The Morgan fingerprint density at radius 3 is 2.47 bits per heavy atom. The van der Waals surface area contributed by atoms with Gasteiger partial charge >= 0.3 is 5.97 Å². The fraction of sp³-hybridized carbons (Fsp3) is 0.636. The predicted molar refractivity (Wildman–Crippen MR) is 116 cm³/mol. The van der Waals surface area contributed by atoms with Gasteiger partial charge in [0.05, 0.1) is 10.5 Å². The van der Waals surface area contributed by atoms with Gasteiger partial charge < -0.3 is 9.64 Å². The maximum Gasteiger partial charge on any atom is 0.339 e. The number of sulfonamides is 1. The van der Waals surface area contributed by atoms with Gasteiger partial charge in [-0.2, -0.15) is 4.31 Å². The van der Waals surface area contributed by atoms with Crippen molar-refractivity contribution in [1.82, 2.24) is 9.21 Å². The highest BCUT2D eigenvalue weighted by atomic mass is 32.2. The van der Waals surface area contributed by atoms with Crippen LogP contribution in [0.25, 0.3) is 0 Å². The van der Waals surface area contributed by atoms with Crippen LogP contribution in [0.1, 0.15) is 69.3 Å². The Balaban J connectivity index is 2.21. The van der Waals surface area contributed by atoms with Gasteiger partial charge in [-0.25, -0.2) is 13.2 Å². The largest absolute Gasteiger partial charge is 0.449 e. The first kappa shape index (κ1) is 24.3. The molecule has 1 amide bonds. The van der Waals surface area contributed by atoms with E-state index in [4.69, 9.17) is 4.74 Å². The smallest absolute Gasteiger partial charge is 0.339 e. The van der Waals surface area contributed by atoms with Crippen LogP contribution in [0.3, 0.4) is 0 Å². The lowest BCUT2D eigenvalue weighted by Crippen LogP contribution is -2.48. The number of nitrogens with zero attached hydrogens (tertiary/aromatic N) is 2. The second kappa shape index (κ2) is 10.4. The molecule has 1 aromatic rings. The minimum atomic E-state index is -3.70.